The van der Waals surface area contributed by atoms with Gasteiger partial charge in [0.25, 0.3) is 0 Å². The molecule has 0 aromatic rings. The second-order valence-corrected chi connectivity index (χ2v) is 4.57. The van der Waals surface area contributed by atoms with Crippen molar-refractivity contribution in [3.8, 4) is 0 Å². The average molecular weight is 229 g/mol. The van der Waals surface area contributed by atoms with Gasteiger partial charge in [-0.25, -0.2) is 0 Å². The minimum Gasteiger partial charge on any atom is -0.468 e. The fourth-order valence-electron chi connectivity index (χ4n) is 2.07. The fraction of sp³-hybridized carbons (Fsp3) is 0.917. The number of unbranched alkanes of at least 4 members (excludes halogenated alkanes) is 1. The maximum Gasteiger partial charge on any atom is 0.325 e. The summed E-state index contributed by atoms with van der Waals surface area (Å²) >= 11 is 0. The van der Waals surface area contributed by atoms with Gasteiger partial charge in [-0.1, -0.05) is 13.3 Å². The van der Waals surface area contributed by atoms with Crippen molar-refractivity contribution in [2.45, 2.75) is 57.1 Å². The van der Waals surface area contributed by atoms with E-state index in [0.29, 0.717) is 12.8 Å². The molecule has 1 saturated carbocycles. The molecule has 0 amide bonds. The van der Waals surface area contributed by atoms with Crippen LogP contribution in [0.5, 0.6) is 0 Å². The second-order valence-electron chi connectivity index (χ2n) is 4.57. The molecule has 1 aliphatic carbocycles. The molecular weight excluding hydrogens is 206 g/mol. The Morgan fingerprint density at radius 2 is 2.06 bits per heavy atom. The highest BCUT2D eigenvalue weighted by atomic mass is 16.5. The van der Waals surface area contributed by atoms with Gasteiger partial charge in [-0.05, 0) is 32.1 Å². The highest BCUT2D eigenvalue weighted by molar-refractivity contribution is 5.80. The summed E-state index contributed by atoms with van der Waals surface area (Å²) in [5.41, 5.74) is 5.22. The third-order valence-electron chi connectivity index (χ3n) is 3.27. The van der Waals surface area contributed by atoms with Crippen LogP contribution in [0.4, 0.5) is 0 Å². The molecule has 4 heteroatoms. The van der Waals surface area contributed by atoms with E-state index in [1.54, 1.807) is 0 Å². The standard InChI is InChI=1S/C12H23NO3/c1-3-4-9-16-10-5-7-12(13,8-6-10)11(14)15-2/h10H,3-9,13H2,1-2H3. The van der Waals surface area contributed by atoms with Crippen molar-refractivity contribution in [2.24, 2.45) is 5.73 Å². The molecule has 16 heavy (non-hydrogen) atoms. The van der Waals surface area contributed by atoms with E-state index in [9.17, 15) is 4.79 Å². The molecule has 2 N–H and O–H groups in total. The Hall–Kier alpha value is -0.610. The third kappa shape index (κ3) is 3.46. The summed E-state index contributed by atoms with van der Waals surface area (Å²) in [5, 5.41) is 0. The van der Waals surface area contributed by atoms with Crippen molar-refractivity contribution in [1.82, 2.24) is 0 Å². The Bertz CT molecular complexity index is 222. The van der Waals surface area contributed by atoms with E-state index in [0.717, 1.165) is 32.3 Å². The van der Waals surface area contributed by atoms with E-state index in [4.69, 9.17) is 15.2 Å². The molecule has 4 nitrogen and oxygen atoms in total. The molecule has 0 aromatic heterocycles. The Morgan fingerprint density at radius 3 is 2.56 bits per heavy atom. The zero-order valence-electron chi connectivity index (χ0n) is 10.3. The van der Waals surface area contributed by atoms with Gasteiger partial charge >= 0.3 is 5.97 Å². The largest absolute Gasteiger partial charge is 0.468 e. The van der Waals surface area contributed by atoms with Gasteiger partial charge in [-0.15, -0.1) is 0 Å². The van der Waals surface area contributed by atoms with E-state index in [1.165, 1.54) is 7.11 Å². The molecule has 0 aromatic carbocycles. The lowest BCUT2D eigenvalue weighted by molar-refractivity contribution is -0.149. The van der Waals surface area contributed by atoms with E-state index < -0.39 is 5.54 Å². The van der Waals surface area contributed by atoms with E-state index in [1.807, 2.05) is 0 Å². The van der Waals surface area contributed by atoms with Gasteiger partial charge in [-0.2, -0.15) is 0 Å². The summed E-state index contributed by atoms with van der Waals surface area (Å²) in [6.07, 6.45) is 5.56. The quantitative estimate of drug-likeness (QED) is 0.575. The number of hydrogen-bond donors (Lipinski definition) is 1. The van der Waals surface area contributed by atoms with E-state index in [-0.39, 0.29) is 12.1 Å². The average Bonchev–Trinajstić information content (AvgIpc) is 2.31. The number of carbonyl (C=O) groups excluding carboxylic acids is 1. The van der Waals surface area contributed by atoms with Crippen molar-refractivity contribution in [3.63, 3.8) is 0 Å². The molecule has 0 aliphatic heterocycles. The summed E-state index contributed by atoms with van der Waals surface area (Å²) in [6.45, 7) is 2.96. The Morgan fingerprint density at radius 1 is 1.44 bits per heavy atom. The molecule has 0 saturated heterocycles. The van der Waals surface area contributed by atoms with Crippen molar-refractivity contribution in [1.29, 1.82) is 0 Å². The SMILES string of the molecule is CCCCOC1CCC(N)(C(=O)OC)CC1. The number of ether oxygens (including phenoxy) is 2. The molecule has 94 valence electrons. The summed E-state index contributed by atoms with van der Waals surface area (Å²) in [7, 11) is 1.39. The maximum atomic E-state index is 11.5. The lowest BCUT2D eigenvalue weighted by Crippen LogP contribution is -2.52. The number of methoxy groups -OCH3 is 1. The number of carbonyl (C=O) groups is 1. The monoisotopic (exact) mass is 229 g/mol. The van der Waals surface area contributed by atoms with Crippen molar-refractivity contribution in [2.75, 3.05) is 13.7 Å². The molecule has 0 bridgehead atoms. The van der Waals surface area contributed by atoms with Crippen molar-refractivity contribution in [3.05, 3.63) is 0 Å². The first-order valence-electron chi connectivity index (χ1n) is 6.11. The lowest BCUT2D eigenvalue weighted by Gasteiger charge is -2.34. The van der Waals surface area contributed by atoms with Gasteiger partial charge in [-0.3, -0.25) is 4.79 Å². The molecule has 0 radical (unpaired) electrons. The number of esters is 1. The molecular formula is C12H23NO3. The summed E-state index contributed by atoms with van der Waals surface area (Å²) < 4.78 is 10.4. The predicted molar refractivity (Wildman–Crippen MR) is 62.1 cm³/mol. The summed E-state index contributed by atoms with van der Waals surface area (Å²) in [4.78, 5) is 11.5. The molecule has 1 fully saturated rings. The Kier molecular flexibility index (Phi) is 5.22. The van der Waals surface area contributed by atoms with Crippen LogP contribution in [0.25, 0.3) is 0 Å². The van der Waals surface area contributed by atoms with Gasteiger partial charge in [0, 0.05) is 6.61 Å². The minimum atomic E-state index is -0.778. The van der Waals surface area contributed by atoms with Crippen molar-refractivity contribution < 1.29 is 14.3 Å². The third-order valence-corrected chi connectivity index (χ3v) is 3.27. The molecule has 0 heterocycles. The first-order chi connectivity index (χ1) is 7.62. The van der Waals surface area contributed by atoms with E-state index in [2.05, 4.69) is 6.92 Å². The van der Waals surface area contributed by atoms with Gasteiger partial charge < -0.3 is 15.2 Å². The van der Waals surface area contributed by atoms with Crippen LogP contribution in [0, 0.1) is 0 Å². The smallest absolute Gasteiger partial charge is 0.325 e. The zero-order valence-corrected chi connectivity index (χ0v) is 10.3. The normalized spacial score (nSPS) is 30.1. The van der Waals surface area contributed by atoms with Gasteiger partial charge in [0.15, 0.2) is 0 Å². The van der Waals surface area contributed by atoms with Crippen LogP contribution in [0.2, 0.25) is 0 Å². The van der Waals surface area contributed by atoms with Crippen LogP contribution in [0.3, 0.4) is 0 Å². The highest BCUT2D eigenvalue weighted by Crippen LogP contribution is 2.29. The van der Waals surface area contributed by atoms with Crippen LogP contribution >= 0.6 is 0 Å². The summed E-state index contributed by atoms with van der Waals surface area (Å²) in [5.74, 6) is -0.292. The summed E-state index contributed by atoms with van der Waals surface area (Å²) in [6, 6.07) is 0. The molecule has 0 atom stereocenters. The predicted octanol–water partition coefficient (Wildman–Crippen LogP) is 1.62. The van der Waals surface area contributed by atoms with Crippen molar-refractivity contribution >= 4 is 5.97 Å². The van der Waals surface area contributed by atoms with Crippen LogP contribution in [-0.2, 0) is 14.3 Å². The zero-order chi connectivity index (χ0) is 12.0. The van der Waals surface area contributed by atoms with Gasteiger partial charge in [0.1, 0.15) is 5.54 Å². The fourth-order valence-corrected chi connectivity index (χ4v) is 2.07. The Labute approximate surface area is 97.5 Å². The lowest BCUT2D eigenvalue weighted by atomic mass is 9.81. The van der Waals surface area contributed by atoms with E-state index >= 15 is 0 Å². The molecule has 1 rings (SSSR count). The van der Waals surface area contributed by atoms with Crippen LogP contribution < -0.4 is 5.73 Å². The molecule has 0 unspecified atom stereocenters. The Balaban J connectivity index is 2.30. The van der Waals surface area contributed by atoms with Gasteiger partial charge in [0.05, 0.1) is 13.2 Å². The van der Waals surface area contributed by atoms with Crippen LogP contribution in [0.15, 0.2) is 0 Å². The number of rotatable bonds is 5. The van der Waals surface area contributed by atoms with Crippen LogP contribution in [0.1, 0.15) is 45.4 Å². The molecule has 1 aliphatic rings. The highest BCUT2D eigenvalue weighted by Gasteiger charge is 2.39. The van der Waals surface area contributed by atoms with Gasteiger partial charge in [0.2, 0.25) is 0 Å². The second kappa shape index (κ2) is 6.21. The maximum absolute atomic E-state index is 11.5. The minimum absolute atomic E-state index is 0.271. The number of nitrogens with two attached hydrogens (primary N) is 1. The topological polar surface area (TPSA) is 61.5 Å². The molecule has 0 spiro atoms. The first kappa shape index (κ1) is 13.5. The van der Waals surface area contributed by atoms with Crippen LogP contribution in [-0.4, -0.2) is 31.3 Å². The number of hydrogen-bond acceptors (Lipinski definition) is 4. The first-order valence-corrected chi connectivity index (χ1v) is 6.11.